The fraction of sp³-hybridized carbons (Fsp3) is 0. The zero-order chi connectivity index (χ0) is 21.2. The zero-order valence-corrected chi connectivity index (χ0v) is 17.0. The fourth-order valence-electron chi connectivity index (χ4n) is 3.34. The Morgan fingerprint density at radius 1 is 0.742 bits per heavy atom. The molecule has 2 heterocycles. The molecule has 3 aromatic carbocycles. The second kappa shape index (κ2) is 8.09. The standard InChI is InChI=1S/C26H16ClNO3/c27-22-9-5-4-8-21(22)24-15-14-20(30-24)16-23-26(29)31-25(28-23)19-12-10-18(11-13-19)17-6-2-1-3-7-17/h1-16H/b23-16-. The molecule has 0 aliphatic carbocycles. The Labute approximate surface area is 184 Å². The van der Waals surface area contributed by atoms with Crippen molar-refractivity contribution < 1.29 is 13.9 Å². The summed E-state index contributed by atoms with van der Waals surface area (Å²) in [5.74, 6) is 0.863. The number of carbonyl (C=O) groups is 1. The summed E-state index contributed by atoms with van der Waals surface area (Å²) in [6.45, 7) is 0. The number of hydrogen-bond acceptors (Lipinski definition) is 4. The summed E-state index contributed by atoms with van der Waals surface area (Å²) in [4.78, 5) is 16.7. The molecule has 0 unspecified atom stereocenters. The van der Waals surface area contributed by atoms with Crippen LogP contribution in [0.25, 0.3) is 28.5 Å². The minimum absolute atomic E-state index is 0.183. The van der Waals surface area contributed by atoms with Gasteiger partial charge in [-0.05, 0) is 47.5 Å². The fourth-order valence-corrected chi connectivity index (χ4v) is 3.57. The third kappa shape index (κ3) is 3.93. The highest BCUT2D eigenvalue weighted by atomic mass is 35.5. The topological polar surface area (TPSA) is 51.8 Å². The van der Waals surface area contributed by atoms with E-state index in [1.54, 1.807) is 24.3 Å². The van der Waals surface area contributed by atoms with Crippen molar-refractivity contribution in [3.05, 3.63) is 113 Å². The monoisotopic (exact) mass is 425 g/mol. The van der Waals surface area contributed by atoms with Crippen molar-refractivity contribution >= 4 is 29.5 Å². The summed E-state index contributed by atoms with van der Waals surface area (Å²) < 4.78 is 11.2. The SMILES string of the molecule is O=C1OC(c2ccc(-c3ccccc3)cc2)=N/C1=C\c1ccc(-c2ccccc2Cl)o1. The first-order valence-corrected chi connectivity index (χ1v) is 10.1. The molecule has 31 heavy (non-hydrogen) atoms. The molecule has 1 aliphatic heterocycles. The van der Waals surface area contributed by atoms with Crippen LogP contribution in [0.2, 0.25) is 5.02 Å². The smallest absolute Gasteiger partial charge is 0.363 e. The summed E-state index contributed by atoms with van der Waals surface area (Å²) in [5.41, 5.74) is 3.89. The van der Waals surface area contributed by atoms with E-state index in [1.165, 1.54) is 0 Å². The molecule has 0 saturated heterocycles. The molecule has 0 spiro atoms. The Hall–Kier alpha value is -3.89. The van der Waals surface area contributed by atoms with E-state index in [-0.39, 0.29) is 11.6 Å². The number of esters is 1. The van der Waals surface area contributed by atoms with E-state index < -0.39 is 5.97 Å². The van der Waals surface area contributed by atoms with Gasteiger partial charge in [0, 0.05) is 17.2 Å². The molecule has 1 aliphatic rings. The maximum absolute atomic E-state index is 12.3. The van der Waals surface area contributed by atoms with Gasteiger partial charge in [-0.25, -0.2) is 9.79 Å². The van der Waals surface area contributed by atoms with Crippen LogP contribution in [0.4, 0.5) is 0 Å². The quantitative estimate of drug-likeness (QED) is 0.273. The van der Waals surface area contributed by atoms with Crippen molar-refractivity contribution in [1.82, 2.24) is 0 Å². The number of aliphatic imine (C=N–C) groups is 1. The van der Waals surface area contributed by atoms with Crippen molar-refractivity contribution in [3.63, 3.8) is 0 Å². The van der Waals surface area contributed by atoms with Crippen molar-refractivity contribution in [1.29, 1.82) is 0 Å². The van der Waals surface area contributed by atoms with Crippen LogP contribution in [0.3, 0.4) is 0 Å². The van der Waals surface area contributed by atoms with Gasteiger partial charge in [0.1, 0.15) is 11.5 Å². The Balaban J connectivity index is 1.39. The molecule has 0 bridgehead atoms. The normalized spacial score (nSPS) is 14.5. The van der Waals surface area contributed by atoms with Crippen molar-refractivity contribution in [2.75, 3.05) is 0 Å². The van der Waals surface area contributed by atoms with Crippen LogP contribution in [0, 0.1) is 0 Å². The van der Waals surface area contributed by atoms with Crippen LogP contribution >= 0.6 is 11.6 Å². The van der Waals surface area contributed by atoms with Gasteiger partial charge in [-0.1, -0.05) is 66.2 Å². The first-order valence-electron chi connectivity index (χ1n) is 9.70. The van der Waals surface area contributed by atoms with Gasteiger partial charge >= 0.3 is 5.97 Å². The Morgan fingerprint density at radius 2 is 1.42 bits per heavy atom. The molecular weight excluding hydrogens is 410 g/mol. The van der Waals surface area contributed by atoms with Crippen LogP contribution in [0.5, 0.6) is 0 Å². The maximum Gasteiger partial charge on any atom is 0.363 e. The second-order valence-electron chi connectivity index (χ2n) is 6.96. The van der Waals surface area contributed by atoms with Crippen molar-refractivity contribution in [2.24, 2.45) is 4.99 Å². The molecule has 0 N–H and O–H groups in total. The van der Waals surface area contributed by atoms with Crippen LogP contribution in [0.15, 0.2) is 106 Å². The molecule has 5 rings (SSSR count). The molecule has 150 valence electrons. The summed E-state index contributed by atoms with van der Waals surface area (Å²) in [6, 6.07) is 28.8. The lowest BCUT2D eigenvalue weighted by molar-refractivity contribution is -0.129. The lowest BCUT2D eigenvalue weighted by Gasteiger charge is -2.03. The first kappa shape index (κ1) is 19.1. The van der Waals surface area contributed by atoms with Crippen LogP contribution in [-0.2, 0) is 9.53 Å². The van der Waals surface area contributed by atoms with E-state index in [2.05, 4.69) is 4.99 Å². The van der Waals surface area contributed by atoms with Crippen molar-refractivity contribution in [2.45, 2.75) is 0 Å². The minimum atomic E-state index is -0.516. The number of halogens is 1. The lowest BCUT2D eigenvalue weighted by atomic mass is 10.0. The third-order valence-electron chi connectivity index (χ3n) is 4.90. The van der Waals surface area contributed by atoms with Gasteiger partial charge in [0.2, 0.25) is 5.90 Å². The van der Waals surface area contributed by atoms with Gasteiger partial charge < -0.3 is 9.15 Å². The Kier molecular flexibility index (Phi) is 4.98. The predicted octanol–water partition coefficient (Wildman–Crippen LogP) is 6.61. The number of furan rings is 1. The van der Waals surface area contributed by atoms with E-state index in [4.69, 9.17) is 20.8 Å². The number of carbonyl (C=O) groups excluding carboxylic acids is 1. The van der Waals surface area contributed by atoms with E-state index in [9.17, 15) is 4.79 Å². The number of cyclic esters (lactones) is 1. The highest BCUT2D eigenvalue weighted by molar-refractivity contribution is 6.33. The predicted molar refractivity (Wildman–Crippen MR) is 122 cm³/mol. The first-order chi connectivity index (χ1) is 15.2. The summed E-state index contributed by atoms with van der Waals surface area (Å²) in [7, 11) is 0. The molecule has 0 saturated carbocycles. The van der Waals surface area contributed by atoms with E-state index in [1.807, 2.05) is 72.8 Å². The summed E-state index contributed by atoms with van der Waals surface area (Å²) in [6.07, 6.45) is 1.56. The van der Waals surface area contributed by atoms with Gasteiger partial charge in [-0.15, -0.1) is 0 Å². The summed E-state index contributed by atoms with van der Waals surface area (Å²) in [5, 5.41) is 0.593. The van der Waals surface area contributed by atoms with Crippen molar-refractivity contribution in [3.8, 4) is 22.5 Å². The zero-order valence-electron chi connectivity index (χ0n) is 16.3. The molecule has 4 aromatic rings. The molecule has 5 heteroatoms. The molecule has 0 atom stereocenters. The number of hydrogen-bond donors (Lipinski definition) is 0. The van der Waals surface area contributed by atoms with Gasteiger partial charge in [-0.3, -0.25) is 0 Å². The van der Waals surface area contributed by atoms with Gasteiger partial charge in [-0.2, -0.15) is 0 Å². The van der Waals surface area contributed by atoms with Gasteiger partial charge in [0.25, 0.3) is 0 Å². The number of benzene rings is 3. The number of ether oxygens (including phenoxy) is 1. The molecule has 0 radical (unpaired) electrons. The third-order valence-corrected chi connectivity index (χ3v) is 5.23. The number of nitrogens with zero attached hydrogens (tertiary/aromatic N) is 1. The minimum Gasteiger partial charge on any atom is -0.457 e. The van der Waals surface area contributed by atoms with E-state index >= 15 is 0 Å². The molecule has 1 aromatic heterocycles. The van der Waals surface area contributed by atoms with Crippen LogP contribution < -0.4 is 0 Å². The van der Waals surface area contributed by atoms with Gasteiger partial charge in [0.05, 0.1) is 5.02 Å². The molecule has 0 amide bonds. The highest BCUT2D eigenvalue weighted by Crippen LogP contribution is 2.30. The van der Waals surface area contributed by atoms with Crippen LogP contribution in [-0.4, -0.2) is 11.9 Å². The average molecular weight is 426 g/mol. The maximum atomic E-state index is 12.3. The second-order valence-corrected chi connectivity index (χ2v) is 7.37. The molecule has 0 fully saturated rings. The number of rotatable bonds is 4. The largest absolute Gasteiger partial charge is 0.457 e. The molecular formula is C26H16ClNO3. The van der Waals surface area contributed by atoms with E-state index in [0.29, 0.717) is 16.5 Å². The Bertz CT molecular complexity index is 1320. The van der Waals surface area contributed by atoms with Crippen LogP contribution in [0.1, 0.15) is 11.3 Å². The highest BCUT2D eigenvalue weighted by Gasteiger charge is 2.24. The average Bonchev–Trinajstić information content (AvgIpc) is 3.42. The Morgan fingerprint density at radius 3 is 2.19 bits per heavy atom. The summed E-state index contributed by atoms with van der Waals surface area (Å²) >= 11 is 6.23. The lowest BCUT2D eigenvalue weighted by Crippen LogP contribution is -2.05. The van der Waals surface area contributed by atoms with E-state index in [0.717, 1.165) is 22.3 Å². The van der Waals surface area contributed by atoms with Gasteiger partial charge in [0.15, 0.2) is 5.70 Å². The molecule has 4 nitrogen and oxygen atoms in total.